The summed E-state index contributed by atoms with van der Waals surface area (Å²) in [5.74, 6) is 0.742. The minimum absolute atomic E-state index is 0.0658. The molecule has 0 atom stereocenters. The molecule has 0 saturated carbocycles. The van der Waals surface area contributed by atoms with E-state index in [1.807, 2.05) is 48.5 Å². The molecule has 1 amide bonds. The fourth-order valence-corrected chi connectivity index (χ4v) is 4.08. The normalized spacial score (nSPS) is 10.6. The molecule has 3 aromatic rings. The highest BCUT2D eigenvalue weighted by Gasteiger charge is 2.16. The van der Waals surface area contributed by atoms with Gasteiger partial charge in [-0.15, -0.1) is 11.3 Å². The molecule has 0 bridgehead atoms. The van der Waals surface area contributed by atoms with Crippen LogP contribution >= 0.6 is 27.3 Å². The lowest BCUT2D eigenvalue weighted by molar-refractivity contribution is 0.0954. The predicted octanol–water partition coefficient (Wildman–Crippen LogP) is 4.60. The first-order chi connectivity index (χ1) is 10.7. The summed E-state index contributed by atoms with van der Waals surface area (Å²) in [6.45, 7) is 0.490. The van der Waals surface area contributed by atoms with Gasteiger partial charge in [0.05, 0.1) is 7.11 Å². The molecule has 112 valence electrons. The first-order valence-corrected chi connectivity index (χ1v) is 8.38. The van der Waals surface area contributed by atoms with Crippen molar-refractivity contribution in [3.05, 3.63) is 63.4 Å². The number of methoxy groups -OCH3 is 1. The average Bonchev–Trinajstić information content (AvgIpc) is 2.90. The highest BCUT2D eigenvalue weighted by atomic mass is 79.9. The van der Waals surface area contributed by atoms with Crippen LogP contribution in [-0.2, 0) is 6.54 Å². The van der Waals surface area contributed by atoms with Crippen LogP contribution in [0.1, 0.15) is 15.2 Å². The van der Waals surface area contributed by atoms with Crippen molar-refractivity contribution in [3.8, 4) is 5.75 Å². The second-order valence-corrected chi connectivity index (χ2v) is 6.62. The molecule has 0 aliphatic rings. The third-order valence-corrected chi connectivity index (χ3v) is 5.61. The maximum Gasteiger partial charge on any atom is 0.262 e. The highest BCUT2D eigenvalue weighted by molar-refractivity contribution is 9.10. The number of hydrogen-bond donors (Lipinski definition) is 1. The van der Waals surface area contributed by atoms with Crippen LogP contribution in [0.15, 0.2) is 53.0 Å². The molecule has 0 radical (unpaired) electrons. The molecule has 0 fully saturated rings. The number of halogens is 1. The Bertz CT molecular complexity index is 811. The Morgan fingerprint density at radius 3 is 2.59 bits per heavy atom. The Morgan fingerprint density at radius 2 is 1.91 bits per heavy atom. The molecular formula is C17H14BrNO2S. The first kappa shape index (κ1) is 15.1. The summed E-state index contributed by atoms with van der Waals surface area (Å²) in [6.07, 6.45) is 0. The van der Waals surface area contributed by atoms with Crippen LogP contribution in [0.25, 0.3) is 10.1 Å². The topological polar surface area (TPSA) is 38.3 Å². The number of nitrogens with one attached hydrogen (secondary N) is 1. The molecule has 3 rings (SSSR count). The van der Waals surface area contributed by atoms with Crippen molar-refractivity contribution in [2.75, 3.05) is 7.11 Å². The summed E-state index contributed by atoms with van der Waals surface area (Å²) >= 11 is 5.02. The molecule has 22 heavy (non-hydrogen) atoms. The summed E-state index contributed by atoms with van der Waals surface area (Å²) in [5.41, 5.74) is 1.03. The average molecular weight is 376 g/mol. The van der Waals surface area contributed by atoms with Crippen molar-refractivity contribution >= 4 is 43.3 Å². The zero-order valence-electron chi connectivity index (χ0n) is 11.9. The molecule has 0 aliphatic heterocycles. The van der Waals surface area contributed by atoms with Crippen molar-refractivity contribution in [2.45, 2.75) is 6.54 Å². The van der Waals surface area contributed by atoms with Gasteiger partial charge < -0.3 is 10.1 Å². The van der Waals surface area contributed by atoms with Gasteiger partial charge in [0, 0.05) is 21.1 Å². The van der Waals surface area contributed by atoms with E-state index >= 15 is 0 Å². The Morgan fingerprint density at radius 1 is 1.18 bits per heavy atom. The minimum atomic E-state index is -0.0658. The number of carbonyl (C=O) groups excluding carboxylic acids is 1. The Labute approximate surface area is 141 Å². The molecule has 0 spiro atoms. The number of benzene rings is 2. The van der Waals surface area contributed by atoms with E-state index in [4.69, 9.17) is 4.74 Å². The number of carbonyl (C=O) groups is 1. The molecule has 2 aromatic carbocycles. The van der Waals surface area contributed by atoms with Crippen LogP contribution < -0.4 is 10.1 Å². The van der Waals surface area contributed by atoms with Crippen molar-refractivity contribution in [3.63, 3.8) is 0 Å². The van der Waals surface area contributed by atoms with Crippen LogP contribution in [0.4, 0.5) is 0 Å². The number of ether oxygens (including phenoxy) is 1. The van der Waals surface area contributed by atoms with E-state index < -0.39 is 0 Å². The summed E-state index contributed by atoms with van der Waals surface area (Å²) in [6, 6.07) is 15.6. The summed E-state index contributed by atoms with van der Waals surface area (Å²) in [7, 11) is 1.63. The number of thiophene rings is 1. The smallest absolute Gasteiger partial charge is 0.262 e. The van der Waals surface area contributed by atoms with E-state index in [9.17, 15) is 4.79 Å². The van der Waals surface area contributed by atoms with Crippen LogP contribution in [0.3, 0.4) is 0 Å². The molecular weight excluding hydrogens is 362 g/mol. The Hall–Kier alpha value is -1.85. The largest absolute Gasteiger partial charge is 0.497 e. The van der Waals surface area contributed by atoms with E-state index in [-0.39, 0.29) is 5.91 Å². The number of fused-ring (bicyclic) bond motifs is 1. The lowest BCUT2D eigenvalue weighted by Gasteiger charge is -2.05. The molecule has 5 heteroatoms. The van der Waals surface area contributed by atoms with Gasteiger partial charge in [0.15, 0.2) is 0 Å². The van der Waals surface area contributed by atoms with Crippen molar-refractivity contribution in [1.82, 2.24) is 5.32 Å². The van der Waals surface area contributed by atoms with Crippen LogP contribution in [0, 0.1) is 0 Å². The van der Waals surface area contributed by atoms with Crippen molar-refractivity contribution in [2.24, 2.45) is 0 Å². The Balaban J connectivity index is 1.74. The van der Waals surface area contributed by atoms with Crippen LogP contribution in [0.2, 0.25) is 0 Å². The molecule has 0 aliphatic carbocycles. The predicted molar refractivity (Wildman–Crippen MR) is 93.7 cm³/mol. The fraction of sp³-hybridized carbons (Fsp3) is 0.118. The molecule has 1 heterocycles. The van der Waals surface area contributed by atoms with E-state index in [2.05, 4.69) is 21.2 Å². The van der Waals surface area contributed by atoms with E-state index in [1.165, 1.54) is 11.3 Å². The summed E-state index contributed by atoms with van der Waals surface area (Å²) < 4.78 is 7.08. The van der Waals surface area contributed by atoms with Gasteiger partial charge in [-0.1, -0.05) is 30.3 Å². The van der Waals surface area contributed by atoms with Gasteiger partial charge in [-0.25, -0.2) is 0 Å². The highest BCUT2D eigenvalue weighted by Crippen LogP contribution is 2.35. The standard InChI is InChI=1S/C17H14BrNO2S/c1-21-12-8-6-11(7-9-12)10-19-17(20)16-15(18)13-4-2-3-5-14(13)22-16/h2-9H,10H2,1H3,(H,19,20). The zero-order valence-corrected chi connectivity index (χ0v) is 14.3. The van der Waals surface area contributed by atoms with E-state index in [0.717, 1.165) is 25.9 Å². The monoisotopic (exact) mass is 375 g/mol. The van der Waals surface area contributed by atoms with Crippen molar-refractivity contribution in [1.29, 1.82) is 0 Å². The van der Waals surface area contributed by atoms with Gasteiger partial charge in [-0.2, -0.15) is 0 Å². The summed E-state index contributed by atoms with van der Waals surface area (Å²) in [5, 5.41) is 4.03. The van der Waals surface area contributed by atoms with Gasteiger partial charge >= 0.3 is 0 Å². The van der Waals surface area contributed by atoms with Crippen LogP contribution in [-0.4, -0.2) is 13.0 Å². The number of amides is 1. The zero-order chi connectivity index (χ0) is 15.5. The second kappa shape index (κ2) is 6.50. The Kier molecular flexibility index (Phi) is 4.45. The molecule has 0 saturated heterocycles. The van der Waals surface area contributed by atoms with Gasteiger partial charge in [-0.05, 0) is 39.7 Å². The van der Waals surface area contributed by atoms with Gasteiger partial charge in [0.2, 0.25) is 0 Å². The van der Waals surface area contributed by atoms with Gasteiger partial charge in [-0.3, -0.25) is 4.79 Å². The van der Waals surface area contributed by atoms with Gasteiger partial charge in [0.25, 0.3) is 5.91 Å². The van der Waals surface area contributed by atoms with Crippen LogP contribution in [0.5, 0.6) is 5.75 Å². The van der Waals surface area contributed by atoms with Gasteiger partial charge in [0.1, 0.15) is 10.6 Å². The van der Waals surface area contributed by atoms with E-state index in [1.54, 1.807) is 7.11 Å². The summed E-state index contributed by atoms with van der Waals surface area (Å²) in [4.78, 5) is 13.1. The number of hydrogen-bond acceptors (Lipinski definition) is 3. The first-order valence-electron chi connectivity index (χ1n) is 6.77. The second-order valence-electron chi connectivity index (χ2n) is 4.77. The SMILES string of the molecule is COc1ccc(CNC(=O)c2sc3ccccc3c2Br)cc1. The third-order valence-electron chi connectivity index (χ3n) is 3.35. The molecule has 3 nitrogen and oxygen atoms in total. The third kappa shape index (κ3) is 3.00. The number of rotatable bonds is 4. The maximum absolute atomic E-state index is 12.4. The lowest BCUT2D eigenvalue weighted by atomic mass is 10.2. The fourth-order valence-electron chi connectivity index (χ4n) is 2.17. The van der Waals surface area contributed by atoms with E-state index in [0.29, 0.717) is 11.4 Å². The molecule has 1 aromatic heterocycles. The molecule has 1 N–H and O–H groups in total. The molecule has 0 unspecified atom stereocenters. The quantitative estimate of drug-likeness (QED) is 0.723. The van der Waals surface area contributed by atoms with Crippen molar-refractivity contribution < 1.29 is 9.53 Å². The minimum Gasteiger partial charge on any atom is -0.497 e. The lowest BCUT2D eigenvalue weighted by Crippen LogP contribution is -2.22. The maximum atomic E-state index is 12.4.